The van der Waals surface area contributed by atoms with Gasteiger partial charge < -0.3 is 0 Å². The van der Waals surface area contributed by atoms with Crippen LogP contribution in [-0.4, -0.2) is 14.8 Å². The fraction of sp³-hybridized carbons (Fsp3) is 0.273. The van der Waals surface area contributed by atoms with Gasteiger partial charge in [0.2, 0.25) is 0 Å². The number of H-pyrrole nitrogens is 1. The lowest BCUT2D eigenvalue weighted by molar-refractivity contribution is 0.627. The summed E-state index contributed by atoms with van der Waals surface area (Å²) in [4.78, 5) is 0. The molecule has 0 amide bonds. The van der Waals surface area contributed by atoms with E-state index in [2.05, 4.69) is 17.1 Å². The van der Waals surface area contributed by atoms with E-state index < -0.39 is 5.82 Å². The van der Waals surface area contributed by atoms with Gasteiger partial charge in [-0.2, -0.15) is 5.10 Å². The standard InChI is InChI=1S/C11H11ClFN3S/c1-2-3-10-14-15-11(17)16(10)7-4-5-9(13)8(12)6-7/h4-6H,2-3H2,1H3,(H,15,17). The molecule has 0 radical (unpaired) electrons. The Morgan fingerprint density at radius 3 is 2.94 bits per heavy atom. The zero-order valence-electron chi connectivity index (χ0n) is 9.20. The average Bonchev–Trinajstić information content (AvgIpc) is 2.65. The highest BCUT2D eigenvalue weighted by molar-refractivity contribution is 7.71. The van der Waals surface area contributed by atoms with Crippen molar-refractivity contribution in [2.75, 3.05) is 0 Å². The zero-order valence-corrected chi connectivity index (χ0v) is 10.8. The Kier molecular flexibility index (Phi) is 3.59. The quantitative estimate of drug-likeness (QED) is 0.864. The van der Waals surface area contributed by atoms with Gasteiger partial charge in [0.05, 0.1) is 10.7 Å². The molecule has 2 aromatic rings. The van der Waals surface area contributed by atoms with E-state index in [1.165, 1.54) is 6.07 Å². The van der Waals surface area contributed by atoms with Crippen LogP contribution in [-0.2, 0) is 6.42 Å². The average molecular weight is 272 g/mol. The van der Waals surface area contributed by atoms with Crippen molar-refractivity contribution in [3.8, 4) is 5.69 Å². The van der Waals surface area contributed by atoms with Gasteiger partial charge in [-0.15, -0.1) is 0 Å². The molecule has 1 aromatic heterocycles. The van der Waals surface area contributed by atoms with Gasteiger partial charge in [-0.05, 0) is 36.8 Å². The summed E-state index contributed by atoms with van der Waals surface area (Å²) in [6.07, 6.45) is 1.75. The van der Waals surface area contributed by atoms with Crippen molar-refractivity contribution < 1.29 is 4.39 Å². The molecule has 1 heterocycles. The lowest BCUT2D eigenvalue weighted by atomic mass is 10.3. The van der Waals surface area contributed by atoms with Crippen LogP contribution in [0.25, 0.3) is 5.69 Å². The van der Waals surface area contributed by atoms with Gasteiger partial charge >= 0.3 is 0 Å². The van der Waals surface area contributed by atoms with Gasteiger partial charge in [0.15, 0.2) is 4.77 Å². The molecular weight excluding hydrogens is 261 g/mol. The molecule has 1 N–H and O–H groups in total. The number of nitrogens with zero attached hydrogens (tertiary/aromatic N) is 2. The fourth-order valence-corrected chi connectivity index (χ4v) is 2.04. The second-order valence-corrected chi connectivity index (χ2v) is 4.42. The van der Waals surface area contributed by atoms with Crippen LogP contribution in [0.5, 0.6) is 0 Å². The molecule has 0 fully saturated rings. The molecule has 0 atom stereocenters. The minimum Gasteiger partial charge on any atom is -0.272 e. The Hall–Kier alpha value is -1.20. The summed E-state index contributed by atoms with van der Waals surface area (Å²) < 4.78 is 15.3. The molecule has 0 unspecified atom stereocenters. The van der Waals surface area contributed by atoms with Crippen molar-refractivity contribution in [1.29, 1.82) is 0 Å². The Morgan fingerprint density at radius 1 is 1.53 bits per heavy atom. The maximum atomic E-state index is 13.1. The van der Waals surface area contributed by atoms with Crippen LogP contribution in [0.15, 0.2) is 18.2 Å². The number of aryl methyl sites for hydroxylation is 1. The van der Waals surface area contributed by atoms with E-state index in [0.717, 1.165) is 24.4 Å². The first-order valence-corrected chi connectivity index (χ1v) is 6.04. The maximum absolute atomic E-state index is 13.1. The molecule has 0 aliphatic carbocycles. The summed E-state index contributed by atoms with van der Waals surface area (Å²) in [6, 6.07) is 4.50. The maximum Gasteiger partial charge on any atom is 0.199 e. The van der Waals surface area contributed by atoms with Crippen molar-refractivity contribution in [1.82, 2.24) is 14.8 Å². The van der Waals surface area contributed by atoms with E-state index >= 15 is 0 Å². The van der Waals surface area contributed by atoms with E-state index in [1.807, 2.05) is 0 Å². The number of hydrogen-bond donors (Lipinski definition) is 1. The first kappa shape index (κ1) is 12.3. The smallest absolute Gasteiger partial charge is 0.199 e. The molecule has 0 bridgehead atoms. The van der Waals surface area contributed by atoms with Crippen LogP contribution in [0.3, 0.4) is 0 Å². The molecule has 2 rings (SSSR count). The Bertz CT molecular complexity index is 591. The first-order chi connectivity index (χ1) is 8.13. The second-order valence-electron chi connectivity index (χ2n) is 3.63. The van der Waals surface area contributed by atoms with E-state index in [9.17, 15) is 4.39 Å². The van der Waals surface area contributed by atoms with Crippen molar-refractivity contribution in [3.05, 3.63) is 39.6 Å². The first-order valence-electron chi connectivity index (χ1n) is 5.25. The number of benzene rings is 1. The number of aromatic amines is 1. The SMILES string of the molecule is CCCc1n[nH]c(=S)n1-c1ccc(F)c(Cl)c1. The van der Waals surface area contributed by atoms with E-state index in [4.69, 9.17) is 23.8 Å². The molecule has 90 valence electrons. The van der Waals surface area contributed by atoms with E-state index in [-0.39, 0.29) is 5.02 Å². The molecule has 0 aliphatic heterocycles. The number of aromatic nitrogens is 3. The Labute approximate surface area is 108 Å². The lowest BCUT2D eigenvalue weighted by Gasteiger charge is -2.06. The number of nitrogens with one attached hydrogen (secondary N) is 1. The number of halogens is 2. The topological polar surface area (TPSA) is 33.6 Å². The molecule has 3 nitrogen and oxygen atoms in total. The van der Waals surface area contributed by atoms with Crippen molar-refractivity contribution in [2.45, 2.75) is 19.8 Å². The van der Waals surface area contributed by atoms with Crippen molar-refractivity contribution >= 4 is 23.8 Å². The summed E-state index contributed by atoms with van der Waals surface area (Å²) in [6.45, 7) is 2.06. The minimum atomic E-state index is -0.442. The van der Waals surface area contributed by atoms with E-state index in [1.54, 1.807) is 16.7 Å². The molecule has 1 aromatic carbocycles. The van der Waals surface area contributed by atoms with Gasteiger partial charge in [0.1, 0.15) is 11.6 Å². The third-order valence-corrected chi connectivity index (χ3v) is 2.94. The summed E-state index contributed by atoms with van der Waals surface area (Å²) in [5.74, 6) is 0.377. The van der Waals surface area contributed by atoms with Crippen molar-refractivity contribution in [3.63, 3.8) is 0 Å². The number of rotatable bonds is 3. The van der Waals surface area contributed by atoms with Gasteiger partial charge in [-0.25, -0.2) is 4.39 Å². The van der Waals surface area contributed by atoms with Gasteiger partial charge in [0.25, 0.3) is 0 Å². The third-order valence-electron chi connectivity index (χ3n) is 2.38. The molecule has 17 heavy (non-hydrogen) atoms. The number of hydrogen-bond acceptors (Lipinski definition) is 2. The fourth-order valence-electron chi connectivity index (χ4n) is 1.61. The summed E-state index contributed by atoms with van der Waals surface area (Å²) >= 11 is 10.9. The normalized spacial score (nSPS) is 10.8. The molecule has 6 heteroatoms. The summed E-state index contributed by atoms with van der Waals surface area (Å²) in [5, 5.41) is 6.95. The van der Waals surface area contributed by atoms with Crippen LogP contribution in [0.4, 0.5) is 4.39 Å². The highest BCUT2D eigenvalue weighted by Gasteiger charge is 2.09. The van der Waals surface area contributed by atoms with Gasteiger partial charge in [0, 0.05) is 6.42 Å². The third kappa shape index (κ3) is 2.40. The monoisotopic (exact) mass is 271 g/mol. The summed E-state index contributed by atoms with van der Waals surface area (Å²) in [5.41, 5.74) is 0.721. The highest BCUT2D eigenvalue weighted by atomic mass is 35.5. The highest BCUT2D eigenvalue weighted by Crippen LogP contribution is 2.20. The largest absolute Gasteiger partial charge is 0.272 e. The van der Waals surface area contributed by atoms with Crippen LogP contribution in [0.2, 0.25) is 5.02 Å². The minimum absolute atomic E-state index is 0.0769. The summed E-state index contributed by atoms with van der Waals surface area (Å²) in [7, 11) is 0. The predicted molar refractivity (Wildman–Crippen MR) is 67.7 cm³/mol. The van der Waals surface area contributed by atoms with Crippen molar-refractivity contribution in [2.24, 2.45) is 0 Å². The Balaban J connectivity index is 2.55. The Morgan fingerprint density at radius 2 is 2.29 bits per heavy atom. The molecule has 0 saturated carbocycles. The van der Waals surface area contributed by atoms with Gasteiger partial charge in [-0.1, -0.05) is 18.5 Å². The lowest BCUT2D eigenvalue weighted by Crippen LogP contribution is -2.01. The van der Waals surface area contributed by atoms with Crippen LogP contribution >= 0.6 is 23.8 Å². The van der Waals surface area contributed by atoms with E-state index in [0.29, 0.717) is 4.77 Å². The molecule has 0 saturated heterocycles. The molecule has 0 spiro atoms. The second kappa shape index (κ2) is 4.98. The predicted octanol–water partition coefficient (Wildman–Crippen LogP) is 3.67. The van der Waals surface area contributed by atoms with Crippen LogP contribution < -0.4 is 0 Å². The molecular formula is C11H11ClFN3S. The van der Waals surface area contributed by atoms with Crippen LogP contribution in [0, 0.1) is 10.6 Å². The van der Waals surface area contributed by atoms with Gasteiger partial charge in [-0.3, -0.25) is 9.67 Å². The van der Waals surface area contributed by atoms with Crippen LogP contribution in [0.1, 0.15) is 19.2 Å². The molecule has 0 aliphatic rings. The zero-order chi connectivity index (χ0) is 12.4.